The van der Waals surface area contributed by atoms with Crippen molar-refractivity contribution in [3.63, 3.8) is 0 Å². The van der Waals surface area contributed by atoms with Gasteiger partial charge in [0.25, 0.3) is 0 Å². The van der Waals surface area contributed by atoms with E-state index in [0.29, 0.717) is 5.92 Å². The van der Waals surface area contributed by atoms with E-state index in [1.165, 1.54) is 0 Å². The summed E-state index contributed by atoms with van der Waals surface area (Å²) in [5.41, 5.74) is 0. The van der Waals surface area contributed by atoms with Crippen molar-refractivity contribution in [1.82, 2.24) is 10.2 Å². The van der Waals surface area contributed by atoms with Crippen LogP contribution in [0.1, 0.15) is 60.8 Å². The number of hydrogen-bond donors (Lipinski definition) is 1. The number of piperazine rings is 1. The van der Waals surface area contributed by atoms with Gasteiger partial charge in [0.1, 0.15) is 12.1 Å². The van der Waals surface area contributed by atoms with E-state index in [9.17, 15) is 9.59 Å². The molecule has 4 unspecified atom stereocenters. The van der Waals surface area contributed by atoms with Crippen LogP contribution >= 0.6 is 0 Å². The van der Waals surface area contributed by atoms with Crippen LogP contribution in [0.4, 0.5) is 0 Å². The highest BCUT2D eigenvalue weighted by Gasteiger charge is 2.43. The van der Waals surface area contributed by atoms with Gasteiger partial charge in [-0.25, -0.2) is 0 Å². The average molecular weight is 282 g/mol. The van der Waals surface area contributed by atoms with Crippen LogP contribution in [-0.2, 0) is 9.59 Å². The van der Waals surface area contributed by atoms with Gasteiger partial charge in [-0.3, -0.25) is 9.59 Å². The Hall–Kier alpha value is -1.06. The molecule has 0 saturated carbocycles. The van der Waals surface area contributed by atoms with Crippen molar-refractivity contribution in [3.05, 3.63) is 0 Å². The van der Waals surface area contributed by atoms with Gasteiger partial charge in [0.15, 0.2) is 0 Å². The molecule has 1 heterocycles. The maximum Gasteiger partial charge on any atom is 0.246 e. The second kappa shape index (κ2) is 7.09. The van der Waals surface area contributed by atoms with Crippen molar-refractivity contribution in [2.75, 3.05) is 0 Å². The molecule has 2 amide bonds. The summed E-state index contributed by atoms with van der Waals surface area (Å²) < 4.78 is 0. The van der Waals surface area contributed by atoms with Gasteiger partial charge in [-0.05, 0) is 25.7 Å². The molecule has 0 aromatic rings. The zero-order chi connectivity index (χ0) is 15.4. The van der Waals surface area contributed by atoms with Crippen LogP contribution in [0.5, 0.6) is 0 Å². The molecular formula is C16H30N2O2. The fraction of sp³-hybridized carbons (Fsp3) is 0.875. The Balaban J connectivity index is 3.01. The quantitative estimate of drug-likeness (QED) is 0.814. The van der Waals surface area contributed by atoms with Crippen LogP contribution in [0.3, 0.4) is 0 Å². The minimum Gasteiger partial charge on any atom is -0.342 e. The third-order valence-electron chi connectivity index (χ3n) is 5.00. The van der Waals surface area contributed by atoms with E-state index in [1.54, 1.807) is 0 Å². The number of rotatable bonds is 6. The van der Waals surface area contributed by atoms with Gasteiger partial charge in [-0.2, -0.15) is 0 Å². The van der Waals surface area contributed by atoms with Gasteiger partial charge in [-0.15, -0.1) is 0 Å². The molecule has 1 rings (SSSR count). The Bertz CT molecular complexity index is 352. The zero-order valence-corrected chi connectivity index (χ0v) is 13.8. The monoisotopic (exact) mass is 282 g/mol. The smallest absolute Gasteiger partial charge is 0.246 e. The summed E-state index contributed by atoms with van der Waals surface area (Å²) in [5.74, 6) is 0.693. The SMILES string of the molecule is CCC(C)C1NC(=O)C(C)N(C(C)C(CC)CC)C1=O. The summed E-state index contributed by atoms with van der Waals surface area (Å²) in [4.78, 5) is 26.8. The number of carbonyl (C=O) groups is 2. The highest BCUT2D eigenvalue weighted by atomic mass is 16.2. The minimum atomic E-state index is -0.363. The van der Waals surface area contributed by atoms with Gasteiger partial charge in [-0.1, -0.05) is 47.0 Å². The molecule has 20 heavy (non-hydrogen) atoms. The van der Waals surface area contributed by atoms with E-state index in [2.05, 4.69) is 33.0 Å². The Kier molecular flexibility index (Phi) is 6.03. The summed E-state index contributed by atoms with van der Waals surface area (Å²) in [6, 6.07) is -0.607. The van der Waals surface area contributed by atoms with Gasteiger partial charge in [0, 0.05) is 6.04 Å². The van der Waals surface area contributed by atoms with Gasteiger partial charge in [0.2, 0.25) is 11.8 Å². The second-order valence-electron chi connectivity index (χ2n) is 6.11. The second-order valence-corrected chi connectivity index (χ2v) is 6.11. The predicted molar refractivity (Wildman–Crippen MR) is 81.2 cm³/mol. The van der Waals surface area contributed by atoms with Crippen molar-refractivity contribution in [1.29, 1.82) is 0 Å². The maximum absolute atomic E-state index is 12.8. The lowest BCUT2D eigenvalue weighted by molar-refractivity contribution is -0.153. The number of nitrogens with zero attached hydrogens (tertiary/aromatic N) is 1. The molecule has 4 nitrogen and oxygen atoms in total. The zero-order valence-electron chi connectivity index (χ0n) is 13.8. The van der Waals surface area contributed by atoms with Crippen molar-refractivity contribution in [2.24, 2.45) is 11.8 Å². The van der Waals surface area contributed by atoms with Gasteiger partial charge in [0.05, 0.1) is 0 Å². The molecule has 0 aromatic carbocycles. The van der Waals surface area contributed by atoms with E-state index in [4.69, 9.17) is 0 Å². The minimum absolute atomic E-state index is 0.0206. The molecule has 1 aliphatic rings. The van der Waals surface area contributed by atoms with E-state index < -0.39 is 0 Å². The first kappa shape index (κ1) is 17.0. The molecule has 1 saturated heterocycles. The standard InChI is InChI=1S/C16H30N2O2/c1-7-10(4)14-16(20)18(12(6)15(19)17-14)11(5)13(8-2)9-3/h10-14H,7-9H2,1-6H3,(H,17,19). The number of amides is 2. The number of nitrogens with one attached hydrogen (secondary N) is 1. The summed E-state index contributed by atoms with van der Waals surface area (Å²) in [5, 5.41) is 2.90. The third kappa shape index (κ3) is 3.15. The number of hydrogen-bond acceptors (Lipinski definition) is 2. The molecule has 1 aliphatic heterocycles. The van der Waals surface area contributed by atoms with Gasteiger partial charge < -0.3 is 10.2 Å². The van der Waals surface area contributed by atoms with Crippen LogP contribution in [-0.4, -0.2) is 34.8 Å². The molecule has 0 aromatic heterocycles. The molecular weight excluding hydrogens is 252 g/mol. The summed E-state index contributed by atoms with van der Waals surface area (Å²) in [6.07, 6.45) is 2.95. The topological polar surface area (TPSA) is 49.4 Å². The fourth-order valence-corrected chi connectivity index (χ4v) is 3.19. The van der Waals surface area contributed by atoms with E-state index in [0.717, 1.165) is 19.3 Å². The lowest BCUT2D eigenvalue weighted by atomic mass is 9.89. The average Bonchev–Trinajstić information content (AvgIpc) is 2.43. The maximum atomic E-state index is 12.8. The molecule has 4 heteroatoms. The van der Waals surface area contributed by atoms with Crippen LogP contribution in [0.25, 0.3) is 0 Å². The largest absolute Gasteiger partial charge is 0.342 e. The normalized spacial score (nSPS) is 26.6. The van der Waals surface area contributed by atoms with Crippen LogP contribution < -0.4 is 5.32 Å². The highest BCUT2D eigenvalue weighted by molar-refractivity contribution is 5.97. The molecule has 0 radical (unpaired) electrons. The molecule has 1 N–H and O–H groups in total. The van der Waals surface area contributed by atoms with Crippen molar-refractivity contribution < 1.29 is 9.59 Å². The summed E-state index contributed by atoms with van der Waals surface area (Å²) >= 11 is 0. The summed E-state index contributed by atoms with van der Waals surface area (Å²) in [6.45, 7) is 12.3. The first-order valence-electron chi connectivity index (χ1n) is 8.01. The molecule has 116 valence electrons. The van der Waals surface area contributed by atoms with Crippen LogP contribution in [0.15, 0.2) is 0 Å². The van der Waals surface area contributed by atoms with Crippen molar-refractivity contribution in [2.45, 2.75) is 78.9 Å². The molecule has 1 fully saturated rings. The Morgan fingerprint density at radius 3 is 2.10 bits per heavy atom. The highest BCUT2D eigenvalue weighted by Crippen LogP contribution is 2.25. The molecule has 0 aliphatic carbocycles. The fourth-order valence-electron chi connectivity index (χ4n) is 3.19. The van der Waals surface area contributed by atoms with Crippen LogP contribution in [0.2, 0.25) is 0 Å². The molecule has 0 spiro atoms. The molecule has 4 atom stereocenters. The van der Waals surface area contributed by atoms with E-state index in [1.807, 2.05) is 18.7 Å². The Morgan fingerprint density at radius 1 is 1.10 bits per heavy atom. The first-order chi connectivity index (χ1) is 9.38. The Labute approximate surface area is 123 Å². The van der Waals surface area contributed by atoms with E-state index >= 15 is 0 Å². The Morgan fingerprint density at radius 2 is 1.65 bits per heavy atom. The number of carbonyl (C=O) groups excluding carboxylic acids is 2. The van der Waals surface area contributed by atoms with E-state index in [-0.39, 0.29) is 35.9 Å². The van der Waals surface area contributed by atoms with Crippen molar-refractivity contribution in [3.8, 4) is 0 Å². The van der Waals surface area contributed by atoms with Crippen molar-refractivity contribution >= 4 is 11.8 Å². The van der Waals surface area contributed by atoms with Gasteiger partial charge >= 0.3 is 0 Å². The van der Waals surface area contributed by atoms with Crippen LogP contribution in [0, 0.1) is 11.8 Å². The first-order valence-corrected chi connectivity index (χ1v) is 8.01. The lowest BCUT2D eigenvalue weighted by Gasteiger charge is -2.44. The predicted octanol–water partition coefficient (Wildman–Crippen LogP) is 2.57. The lowest BCUT2D eigenvalue weighted by Crippen LogP contribution is -2.66. The molecule has 0 bridgehead atoms. The summed E-state index contributed by atoms with van der Waals surface area (Å²) in [7, 11) is 0. The third-order valence-corrected chi connectivity index (χ3v) is 5.00.